The molecule has 1 heterocycles. The summed E-state index contributed by atoms with van der Waals surface area (Å²) in [5, 5.41) is 0.442. The molecule has 0 N–H and O–H groups in total. The van der Waals surface area contributed by atoms with Gasteiger partial charge in [0.15, 0.2) is 0 Å². The van der Waals surface area contributed by atoms with Crippen LogP contribution in [0.4, 0.5) is 0 Å². The summed E-state index contributed by atoms with van der Waals surface area (Å²) < 4.78 is 0.393. The highest BCUT2D eigenvalue weighted by Crippen LogP contribution is 2.51. The van der Waals surface area contributed by atoms with Crippen LogP contribution in [0.1, 0.15) is 6.92 Å². The Morgan fingerprint density at radius 2 is 2.08 bits per heavy atom. The molecule has 1 saturated heterocycles. The molecule has 0 radical (unpaired) electrons. The topological polar surface area (TPSA) is 0 Å². The first-order chi connectivity index (χ1) is 5.66. The number of hydrogen-bond donors (Lipinski definition) is 2. The maximum absolute atomic E-state index is 4.42. The van der Waals surface area contributed by atoms with Crippen LogP contribution in [0.25, 0.3) is 0 Å². The van der Waals surface area contributed by atoms with Crippen LogP contribution in [0, 0.1) is 0 Å². The Hall–Kier alpha value is 1.75. The van der Waals surface area contributed by atoms with Crippen molar-refractivity contribution in [3.8, 4) is 0 Å². The summed E-state index contributed by atoms with van der Waals surface area (Å²) in [7, 11) is 0. The number of thiol groups is 2. The van der Waals surface area contributed by atoms with Gasteiger partial charge in [0.25, 0.3) is 0 Å². The highest BCUT2D eigenvalue weighted by Gasteiger charge is 2.30. The van der Waals surface area contributed by atoms with Crippen molar-refractivity contribution in [2.45, 2.75) is 15.6 Å². The summed E-state index contributed by atoms with van der Waals surface area (Å²) in [6, 6.07) is 0. The third-order valence-electron chi connectivity index (χ3n) is 1.56. The molecular formula is C7H14S5. The maximum atomic E-state index is 4.42. The second kappa shape index (κ2) is 5.59. The van der Waals surface area contributed by atoms with Gasteiger partial charge in [-0.25, -0.2) is 0 Å². The van der Waals surface area contributed by atoms with Crippen molar-refractivity contribution in [2.24, 2.45) is 0 Å². The minimum Gasteiger partial charge on any atom is -0.178 e. The number of rotatable bonds is 4. The predicted octanol–water partition coefficient (Wildman–Crippen LogP) is 3.10. The van der Waals surface area contributed by atoms with Gasteiger partial charge in [0.2, 0.25) is 0 Å². The van der Waals surface area contributed by atoms with Gasteiger partial charge in [0.1, 0.15) is 3.41 Å². The Bertz CT molecular complexity index is 132. The highest BCUT2D eigenvalue weighted by atomic mass is 32.3. The first-order valence-electron chi connectivity index (χ1n) is 3.87. The molecule has 72 valence electrons. The number of hydrogen-bond acceptors (Lipinski definition) is 5. The summed E-state index contributed by atoms with van der Waals surface area (Å²) in [6.45, 7) is 2.32. The zero-order valence-electron chi connectivity index (χ0n) is 7.02. The summed E-state index contributed by atoms with van der Waals surface area (Å²) in [5.41, 5.74) is 0. The maximum Gasteiger partial charge on any atom is 0.104 e. The van der Waals surface area contributed by atoms with Crippen LogP contribution in [0.5, 0.6) is 0 Å². The van der Waals surface area contributed by atoms with E-state index >= 15 is 0 Å². The Morgan fingerprint density at radius 3 is 2.58 bits per heavy atom. The average molecular weight is 259 g/mol. The van der Waals surface area contributed by atoms with E-state index in [4.69, 9.17) is 0 Å². The molecule has 12 heavy (non-hydrogen) atoms. The van der Waals surface area contributed by atoms with E-state index in [0.717, 1.165) is 11.5 Å². The van der Waals surface area contributed by atoms with Gasteiger partial charge in [0.05, 0.1) is 0 Å². The molecule has 0 bridgehead atoms. The molecule has 1 aliphatic rings. The van der Waals surface area contributed by atoms with E-state index in [-0.39, 0.29) is 0 Å². The number of thioether (sulfide) groups is 3. The molecule has 0 aliphatic carbocycles. The van der Waals surface area contributed by atoms with E-state index in [1.807, 2.05) is 11.8 Å². The second-order valence-electron chi connectivity index (χ2n) is 2.71. The molecule has 0 nitrogen and oxygen atoms in total. The zero-order valence-corrected chi connectivity index (χ0v) is 11.3. The lowest BCUT2D eigenvalue weighted by molar-refractivity contribution is 1.16. The molecule has 1 fully saturated rings. The van der Waals surface area contributed by atoms with Gasteiger partial charge in [-0.2, -0.15) is 25.3 Å². The van der Waals surface area contributed by atoms with Gasteiger partial charge in [-0.15, -0.1) is 35.3 Å². The molecule has 0 spiro atoms. The van der Waals surface area contributed by atoms with Crippen molar-refractivity contribution < 1.29 is 0 Å². The van der Waals surface area contributed by atoms with Crippen LogP contribution in [-0.4, -0.2) is 31.7 Å². The van der Waals surface area contributed by atoms with Crippen molar-refractivity contribution >= 4 is 60.5 Å². The summed E-state index contributed by atoms with van der Waals surface area (Å²) in [4.78, 5) is 0. The Balaban J connectivity index is 2.21. The fourth-order valence-corrected chi connectivity index (χ4v) is 5.84. The zero-order chi connectivity index (χ0) is 9.03. The smallest absolute Gasteiger partial charge is 0.104 e. The third-order valence-corrected chi connectivity index (χ3v) is 8.24. The quantitative estimate of drug-likeness (QED) is 0.744. The van der Waals surface area contributed by atoms with Gasteiger partial charge in [-0.3, -0.25) is 0 Å². The molecule has 1 rings (SSSR count). The Kier molecular flexibility index (Phi) is 5.50. The SMILES string of the molecule is CC1(SCC(S)CS)SCCS1. The van der Waals surface area contributed by atoms with E-state index in [9.17, 15) is 0 Å². The van der Waals surface area contributed by atoms with E-state index < -0.39 is 0 Å². The van der Waals surface area contributed by atoms with E-state index in [1.54, 1.807) is 0 Å². The van der Waals surface area contributed by atoms with Crippen molar-refractivity contribution in [1.82, 2.24) is 0 Å². The molecule has 1 atom stereocenters. The fourth-order valence-electron chi connectivity index (χ4n) is 0.879. The third kappa shape index (κ3) is 3.86. The summed E-state index contributed by atoms with van der Waals surface area (Å²) in [5.74, 6) is 4.59. The van der Waals surface area contributed by atoms with E-state index in [2.05, 4.69) is 55.7 Å². The van der Waals surface area contributed by atoms with Gasteiger partial charge in [-0.05, 0) is 6.92 Å². The van der Waals surface area contributed by atoms with Crippen LogP contribution in [-0.2, 0) is 0 Å². The molecule has 1 unspecified atom stereocenters. The van der Waals surface area contributed by atoms with Gasteiger partial charge < -0.3 is 0 Å². The minimum absolute atomic E-state index is 0.393. The standard InChI is InChI=1S/C7H14S5/c1-7(10-2-3-11-7)12-5-6(9)4-8/h6,8-9H,2-5H2,1H3. The molecule has 0 amide bonds. The largest absolute Gasteiger partial charge is 0.178 e. The van der Waals surface area contributed by atoms with Crippen molar-refractivity contribution in [1.29, 1.82) is 0 Å². The molecule has 0 aromatic carbocycles. The lowest BCUT2D eigenvalue weighted by atomic mass is 10.6. The average Bonchev–Trinajstić information content (AvgIpc) is 2.49. The monoisotopic (exact) mass is 258 g/mol. The highest BCUT2D eigenvalue weighted by molar-refractivity contribution is 8.35. The van der Waals surface area contributed by atoms with Crippen LogP contribution >= 0.6 is 60.5 Å². The fraction of sp³-hybridized carbons (Fsp3) is 1.00. The molecule has 0 aromatic heterocycles. The van der Waals surface area contributed by atoms with Crippen LogP contribution < -0.4 is 0 Å². The second-order valence-corrected chi connectivity index (χ2v) is 9.04. The van der Waals surface area contributed by atoms with Crippen molar-refractivity contribution in [3.63, 3.8) is 0 Å². The summed E-state index contributed by atoms with van der Waals surface area (Å²) >= 11 is 14.8. The molecule has 0 saturated carbocycles. The van der Waals surface area contributed by atoms with E-state index in [1.165, 1.54) is 11.5 Å². The van der Waals surface area contributed by atoms with Crippen molar-refractivity contribution in [3.05, 3.63) is 0 Å². The molecule has 0 aromatic rings. The lowest BCUT2D eigenvalue weighted by Crippen LogP contribution is -2.12. The first-order valence-corrected chi connectivity index (χ1v) is 7.97. The Labute approximate surface area is 98.6 Å². The van der Waals surface area contributed by atoms with Crippen LogP contribution in [0.3, 0.4) is 0 Å². The minimum atomic E-state index is 0.393. The van der Waals surface area contributed by atoms with E-state index in [0.29, 0.717) is 8.66 Å². The van der Waals surface area contributed by atoms with Gasteiger partial charge in [0, 0.05) is 28.3 Å². The van der Waals surface area contributed by atoms with Crippen LogP contribution in [0.15, 0.2) is 0 Å². The van der Waals surface area contributed by atoms with Crippen LogP contribution in [0.2, 0.25) is 0 Å². The summed E-state index contributed by atoms with van der Waals surface area (Å²) in [6.07, 6.45) is 0. The molecule has 5 heteroatoms. The van der Waals surface area contributed by atoms with Crippen molar-refractivity contribution in [2.75, 3.05) is 23.0 Å². The van der Waals surface area contributed by atoms with Gasteiger partial charge in [-0.1, -0.05) is 0 Å². The normalized spacial score (nSPS) is 24.2. The first kappa shape index (κ1) is 11.8. The lowest BCUT2D eigenvalue weighted by Gasteiger charge is -2.22. The predicted molar refractivity (Wildman–Crippen MR) is 72.4 cm³/mol. The molecule has 1 aliphatic heterocycles. The van der Waals surface area contributed by atoms with Gasteiger partial charge >= 0.3 is 0 Å². The molecular weight excluding hydrogens is 244 g/mol. The Morgan fingerprint density at radius 1 is 1.50 bits per heavy atom.